The van der Waals surface area contributed by atoms with Crippen molar-refractivity contribution in [2.24, 2.45) is 0 Å². The van der Waals surface area contributed by atoms with Gasteiger partial charge in [-0.25, -0.2) is 4.98 Å². The third-order valence-electron chi connectivity index (χ3n) is 4.80. The fraction of sp³-hybridized carbons (Fsp3) is 0.0769. The molecule has 0 atom stereocenters. The van der Waals surface area contributed by atoms with E-state index in [4.69, 9.17) is 4.74 Å². The minimum Gasteiger partial charge on any atom is -0.496 e. The summed E-state index contributed by atoms with van der Waals surface area (Å²) < 4.78 is 7.50. The van der Waals surface area contributed by atoms with Gasteiger partial charge in [0, 0.05) is 41.2 Å². The first-order valence-electron chi connectivity index (χ1n) is 9.89. The lowest BCUT2D eigenvalue weighted by Crippen LogP contribution is -1.96. The van der Waals surface area contributed by atoms with Gasteiger partial charge in [-0.15, -0.1) is 11.8 Å². The first-order valence-corrected chi connectivity index (χ1v) is 10.9. The summed E-state index contributed by atoms with van der Waals surface area (Å²) in [6.45, 7) is 0. The van der Waals surface area contributed by atoms with Crippen LogP contribution < -0.4 is 4.74 Å². The Hall–Kier alpha value is -3.57. The highest BCUT2D eigenvalue weighted by molar-refractivity contribution is 7.98. The van der Waals surface area contributed by atoms with E-state index in [0.29, 0.717) is 5.56 Å². The van der Waals surface area contributed by atoms with Crippen LogP contribution in [0.3, 0.4) is 0 Å². The maximum atomic E-state index is 12.6. The number of carbonyl (C=O) groups excluding carboxylic acids is 1. The number of hydrogen-bond donors (Lipinski definition) is 0. The lowest BCUT2D eigenvalue weighted by molar-refractivity contribution is 0.104. The SMILES string of the molecule is COc1ccc(/C=C/C(=O)c2ccc(-n3cccc3)cc2)cc1CSc1ccccn1. The van der Waals surface area contributed by atoms with E-state index in [0.717, 1.165) is 33.3 Å². The van der Waals surface area contributed by atoms with Crippen LogP contribution in [0.15, 0.2) is 102 Å². The summed E-state index contributed by atoms with van der Waals surface area (Å²) in [7, 11) is 1.67. The summed E-state index contributed by atoms with van der Waals surface area (Å²) in [6.07, 6.45) is 9.20. The molecule has 0 aliphatic rings. The number of carbonyl (C=O) groups is 1. The molecule has 0 unspecified atom stereocenters. The van der Waals surface area contributed by atoms with Crippen LogP contribution in [-0.4, -0.2) is 22.4 Å². The van der Waals surface area contributed by atoms with Crippen molar-refractivity contribution >= 4 is 23.6 Å². The summed E-state index contributed by atoms with van der Waals surface area (Å²) in [6, 6.07) is 23.3. The topological polar surface area (TPSA) is 44.1 Å². The number of ketones is 1. The lowest BCUT2D eigenvalue weighted by atomic mass is 10.1. The molecule has 0 radical (unpaired) electrons. The molecule has 0 amide bonds. The van der Waals surface area contributed by atoms with Gasteiger partial charge in [-0.3, -0.25) is 4.79 Å². The lowest BCUT2D eigenvalue weighted by Gasteiger charge is -2.09. The van der Waals surface area contributed by atoms with E-state index < -0.39 is 0 Å². The van der Waals surface area contributed by atoms with Gasteiger partial charge >= 0.3 is 0 Å². The summed E-state index contributed by atoms with van der Waals surface area (Å²) in [5, 5.41) is 0.962. The molecule has 5 heteroatoms. The molecule has 0 spiro atoms. The van der Waals surface area contributed by atoms with Crippen molar-refractivity contribution in [2.75, 3.05) is 7.11 Å². The fourth-order valence-electron chi connectivity index (χ4n) is 3.17. The molecule has 0 aliphatic heterocycles. The van der Waals surface area contributed by atoms with Gasteiger partial charge in [0.25, 0.3) is 0 Å². The van der Waals surface area contributed by atoms with Gasteiger partial charge in [0.15, 0.2) is 5.78 Å². The van der Waals surface area contributed by atoms with Gasteiger partial charge in [0.2, 0.25) is 0 Å². The maximum Gasteiger partial charge on any atom is 0.185 e. The van der Waals surface area contributed by atoms with Gasteiger partial charge in [0.05, 0.1) is 12.1 Å². The first-order chi connectivity index (χ1) is 15.2. The third kappa shape index (κ3) is 5.32. The number of benzene rings is 2. The highest BCUT2D eigenvalue weighted by atomic mass is 32.2. The van der Waals surface area contributed by atoms with Crippen molar-refractivity contribution < 1.29 is 9.53 Å². The summed E-state index contributed by atoms with van der Waals surface area (Å²) >= 11 is 1.65. The van der Waals surface area contributed by atoms with E-state index in [-0.39, 0.29) is 5.78 Å². The van der Waals surface area contributed by atoms with E-state index in [1.54, 1.807) is 31.1 Å². The van der Waals surface area contributed by atoms with Crippen LogP contribution in [0.5, 0.6) is 5.75 Å². The van der Waals surface area contributed by atoms with Crippen LogP contribution in [0.4, 0.5) is 0 Å². The Balaban J connectivity index is 1.46. The Bertz CT molecular complexity index is 1170. The molecule has 4 rings (SSSR count). The van der Waals surface area contributed by atoms with Crippen molar-refractivity contribution in [3.63, 3.8) is 0 Å². The predicted octanol–water partition coefficient (Wildman–Crippen LogP) is 6.07. The molecule has 154 valence electrons. The van der Waals surface area contributed by atoms with Gasteiger partial charge < -0.3 is 9.30 Å². The van der Waals surface area contributed by atoms with Crippen molar-refractivity contribution in [1.29, 1.82) is 0 Å². The molecule has 0 fully saturated rings. The molecular weight excluding hydrogens is 404 g/mol. The van der Waals surface area contributed by atoms with E-state index >= 15 is 0 Å². The van der Waals surface area contributed by atoms with Crippen LogP contribution in [-0.2, 0) is 5.75 Å². The van der Waals surface area contributed by atoms with Crippen molar-refractivity contribution in [1.82, 2.24) is 9.55 Å². The Kier molecular flexibility index (Phi) is 6.65. The Morgan fingerprint density at radius 3 is 2.55 bits per heavy atom. The molecule has 0 saturated carbocycles. The number of nitrogens with zero attached hydrogens (tertiary/aromatic N) is 2. The number of aromatic nitrogens is 2. The normalized spacial score (nSPS) is 11.0. The second-order valence-electron chi connectivity index (χ2n) is 6.86. The maximum absolute atomic E-state index is 12.6. The average Bonchev–Trinajstić information content (AvgIpc) is 3.37. The second-order valence-corrected chi connectivity index (χ2v) is 7.86. The number of ether oxygens (including phenoxy) is 1. The van der Waals surface area contributed by atoms with E-state index in [9.17, 15) is 4.79 Å². The number of rotatable bonds is 8. The summed E-state index contributed by atoms with van der Waals surface area (Å²) in [5.74, 6) is 1.53. The van der Waals surface area contributed by atoms with Crippen LogP contribution in [0, 0.1) is 0 Å². The molecule has 0 N–H and O–H groups in total. The largest absolute Gasteiger partial charge is 0.496 e. The van der Waals surface area contributed by atoms with Gasteiger partial charge in [0.1, 0.15) is 5.75 Å². The van der Waals surface area contributed by atoms with Crippen molar-refractivity contribution in [3.8, 4) is 11.4 Å². The van der Waals surface area contributed by atoms with Gasteiger partial charge in [-0.1, -0.05) is 18.2 Å². The molecule has 2 aromatic carbocycles. The second kappa shape index (κ2) is 9.96. The molecular formula is C26H22N2O2S. The minimum atomic E-state index is -0.0284. The predicted molar refractivity (Wildman–Crippen MR) is 126 cm³/mol. The highest BCUT2D eigenvalue weighted by Crippen LogP contribution is 2.28. The minimum absolute atomic E-state index is 0.0284. The van der Waals surface area contributed by atoms with Crippen LogP contribution in [0.1, 0.15) is 21.5 Å². The molecule has 0 aliphatic carbocycles. The smallest absolute Gasteiger partial charge is 0.185 e. The molecule has 0 saturated heterocycles. The zero-order chi connectivity index (χ0) is 21.5. The zero-order valence-electron chi connectivity index (χ0n) is 17.1. The molecule has 2 heterocycles. The summed E-state index contributed by atoms with van der Waals surface area (Å²) in [5.41, 5.74) is 3.70. The molecule has 0 bridgehead atoms. The zero-order valence-corrected chi connectivity index (χ0v) is 18.0. The quantitative estimate of drug-likeness (QED) is 0.195. The average molecular weight is 427 g/mol. The number of allylic oxidation sites excluding steroid dienone is 1. The third-order valence-corrected chi connectivity index (χ3v) is 5.79. The van der Waals surface area contributed by atoms with E-state index in [1.165, 1.54) is 0 Å². The molecule has 31 heavy (non-hydrogen) atoms. The van der Waals surface area contributed by atoms with Crippen molar-refractivity contribution in [2.45, 2.75) is 10.8 Å². The standard InChI is InChI=1S/C26H22N2O2S/c1-30-25-14-8-20(18-22(25)19-31-26-6-2-3-15-27-26)7-13-24(29)21-9-11-23(12-10-21)28-16-4-5-17-28/h2-18H,19H2,1H3/b13-7+. The Labute approximate surface area is 186 Å². The number of thioether (sulfide) groups is 1. The number of methoxy groups -OCH3 is 1. The van der Waals surface area contributed by atoms with E-state index in [2.05, 4.69) is 4.98 Å². The molecule has 4 nitrogen and oxygen atoms in total. The van der Waals surface area contributed by atoms with Crippen LogP contribution in [0.2, 0.25) is 0 Å². The van der Waals surface area contributed by atoms with Crippen molar-refractivity contribution in [3.05, 3.63) is 114 Å². The molecule has 4 aromatic rings. The first kappa shape index (κ1) is 20.7. The van der Waals surface area contributed by atoms with Gasteiger partial charge in [-0.2, -0.15) is 0 Å². The molecule has 2 aromatic heterocycles. The Morgan fingerprint density at radius 1 is 1.03 bits per heavy atom. The Morgan fingerprint density at radius 2 is 1.84 bits per heavy atom. The summed E-state index contributed by atoms with van der Waals surface area (Å²) in [4.78, 5) is 17.0. The monoisotopic (exact) mass is 426 g/mol. The highest BCUT2D eigenvalue weighted by Gasteiger charge is 2.07. The van der Waals surface area contributed by atoms with Crippen LogP contribution in [0.25, 0.3) is 11.8 Å². The fourth-order valence-corrected chi connectivity index (χ4v) is 4.01. The van der Waals surface area contributed by atoms with E-state index in [1.807, 2.05) is 95.8 Å². The van der Waals surface area contributed by atoms with Crippen LogP contribution >= 0.6 is 11.8 Å². The number of hydrogen-bond acceptors (Lipinski definition) is 4. The number of pyridine rings is 1. The van der Waals surface area contributed by atoms with Gasteiger partial charge in [-0.05, 0) is 72.3 Å².